The van der Waals surface area contributed by atoms with Crippen molar-refractivity contribution in [2.75, 3.05) is 38.6 Å². The number of nitrogens with one attached hydrogen (secondary N) is 2. The molecular weight excluding hydrogens is 468 g/mol. The zero-order valence-electron chi connectivity index (χ0n) is 20.3. The van der Waals surface area contributed by atoms with E-state index in [1.165, 1.54) is 28.6 Å². The molecule has 5 N–H and O–H groups in total. The van der Waals surface area contributed by atoms with E-state index in [9.17, 15) is 18.3 Å². The lowest BCUT2D eigenvalue weighted by Gasteiger charge is -2.32. The first-order valence-corrected chi connectivity index (χ1v) is 13.3. The maximum absolute atomic E-state index is 13.4. The van der Waals surface area contributed by atoms with Crippen molar-refractivity contribution in [3.05, 3.63) is 60.2 Å². The van der Waals surface area contributed by atoms with E-state index in [1.54, 1.807) is 0 Å². The van der Waals surface area contributed by atoms with Gasteiger partial charge in [0, 0.05) is 25.3 Å². The second-order valence-corrected chi connectivity index (χ2v) is 11.2. The lowest BCUT2D eigenvalue weighted by Crippen LogP contribution is -2.57. The Morgan fingerprint density at radius 1 is 1.17 bits per heavy atom. The van der Waals surface area contributed by atoms with Gasteiger partial charge in [-0.3, -0.25) is 4.79 Å². The number of morpholine rings is 1. The van der Waals surface area contributed by atoms with Gasteiger partial charge >= 0.3 is 0 Å². The van der Waals surface area contributed by atoms with E-state index in [-0.39, 0.29) is 36.4 Å². The number of carbonyl (C=O) groups is 1. The Kier molecular flexibility index (Phi) is 9.64. The number of hydrogen-bond donors (Lipinski definition) is 4. The van der Waals surface area contributed by atoms with E-state index in [4.69, 9.17) is 10.5 Å². The highest BCUT2D eigenvalue weighted by Crippen LogP contribution is 2.20. The molecule has 9 nitrogen and oxygen atoms in total. The Bertz CT molecular complexity index is 1040. The molecule has 0 saturated carbocycles. The van der Waals surface area contributed by atoms with Crippen molar-refractivity contribution in [1.29, 1.82) is 0 Å². The predicted octanol–water partition coefficient (Wildman–Crippen LogP) is 0.992. The van der Waals surface area contributed by atoms with Crippen molar-refractivity contribution in [1.82, 2.24) is 14.9 Å². The van der Waals surface area contributed by atoms with Crippen molar-refractivity contribution in [3.63, 3.8) is 0 Å². The number of anilines is 1. The lowest BCUT2D eigenvalue weighted by atomic mass is 10.0. The van der Waals surface area contributed by atoms with E-state index >= 15 is 0 Å². The minimum atomic E-state index is -3.89. The molecule has 2 aromatic rings. The predicted molar refractivity (Wildman–Crippen MR) is 135 cm³/mol. The van der Waals surface area contributed by atoms with E-state index < -0.39 is 28.2 Å². The van der Waals surface area contributed by atoms with Crippen LogP contribution >= 0.6 is 0 Å². The fraction of sp³-hybridized carbons (Fsp3) is 0.480. The molecule has 3 atom stereocenters. The molecule has 1 aliphatic heterocycles. The van der Waals surface area contributed by atoms with Crippen LogP contribution in [0.15, 0.2) is 59.5 Å². The van der Waals surface area contributed by atoms with E-state index in [0.29, 0.717) is 25.3 Å². The summed E-state index contributed by atoms with van der Waals surface area (Å²) >= 11 is 0. The summed E-state index contributed by atoms with van der Waals surface area (Å²) in [7, 11) is -3.89. The van der Waals surface area contributed by atoms with Crippen LogP contribution in [0.1, 0.15) is 19.4 Å². The summed E-state index contributed by atoms with van der Waals surface area (Å²) in [5, 5.41) is 17.3. The third kappa shape index (κ3) is 7.74. The summed E-state index contributed by atoms with van der Waals surface area (Å²) in [5.74, 6) is -0.266. The van der Waals surface area contributed by atoms with Gasteiger partial charge < -0.3 is 26.2 Å². The fourth-order valence-corrected chi connectivity index (χ4v) is 5.59. The standard InChI is InChI=1S/C25H36N4O5S/c1-18(2)15-29(35(32,33)21-10-8-20(26)9-11-21)16-24(30)22(14-19-6-4-3-5-7-19)28-25(31)23-17-34-13-12-27-23/h3-11,18,22-24,27,30H,12-17,26H2,1-2H3,(H,28,31)/t22-,23-,24+/m0/s1. The highest BCUT2D eigenvalue weighted by molar-refractivity contribution is 7.89. The van der Waals surface area contributed by atoms with Gasteiger partial charge in [-0.15, -0.1) is 0 Å². The first kappa shape index (κ1) is 27.1. The van der Waals surface area contributed by atoms with Gasteiger partial charge in [-0.05, 0) is 42.2 Å². The third-order valence-electron chi connectivity index (χ3n) is 5.81. The SMILES string of the molecule is CC(C)CN(C[C@@H](O)[C@H](Cc1ccccc1)NC(=O)[C@@H]1COCCN1)S(=O)(=O)c1ccc(N)cc1. The van der Waals surface area contributed by atoms with E-state index in [2.05, 4.69) is 10.6 Å². The van der Waals surface area contributed by atoms with Crippen LogP contribution in [-0.4, -0.2) is 74.8 Å². The van der Waals surface area contributed by atoms with Gasteiger partial charge in [0.1, 0.15) is 6.04 Å². The number of nitrogens with two attached hydrogens (primary N) is 1. The highest BCUT2D eigenvalue weighted by atomic mass is 32.2. The number of benzene rings is 2. The van der Waals surface area contributed by atoms with Crippen LogP contribution in [0.25, 0.3) is 0 Å². The quantitative estimate of drug-likeness (QED) is 0.335. The average molecular weight is 505 g/mol. The second-order valence-electron chi connectivity index (χ2n) is 9.24. The molecule has 0 unspecified atom stereocenters. The molecule has 0 bridgehead atoms. The topological polar surface area (TPSA) is 134 Å². The summed E-state index contributed by atoms with van der Waals surface area (Å²) in [5.41, 5.74) is 7.11. The fourth-order valence-electron chi connectivity index (χ4n) is 3.97. The molecule has 1 heterocycles. The number of ether oxygens (including phenoxy) is 1. The molecule has 192 valence electrons. The number of carbonyl (C=O) groups excluding carboxylic acids is 1. The van der Waals surface area contributed by atoms with Crippen LogP contribution in [0.4, 0.5) is 5.69 Å². The molecule has 0 aliphatic carbocycles. The Balaban J connectivity index is 1.82. The third-order valence-corrected chi connectivity index (χ3v) is 7.65. The minimum absolute atomic E-state index is 0.0245. The van der Waals surface area contributed by atoms with Crippen LogP contribution in [0.3, 0.4) is 0 Å². The molecule has 1 amide bonds. The highest BCUT2D eigenvalue weighted by Gasteiger charge is 2.32. The first-order valence-electron chi connectivity index (χ1n) is 11.9. The first-order chi connectivity index (χ1) is 16.7. The van der Waals surface area contributed by atoms with Gasteiger partial charge in [0.2, 0.25) is 15.9 Å². The Morgan fingerprint density at radius 2 is 1.86 bits per heavy atom. The number of nitrogens with zero attached hydrogens (tertiary/aromatic N) is 1. The summed E-state index contributed by atoms with van der Waals surface area (Å²) < 4.78 is 33.5. The average Bonchev–Trinajstić information content (AvgIpc) is 2.84. The zero-order valence-corrected chi connectivity index (χ0v) is 21.1. The maximum Gasteiger partial charge on any atom is 0.243 e. The summed E-state index contributed by atoms with van der Waals surface area (Å²) in [6, 6.07) is 14.2. The van der Waals surface area contributed by atoms with Crippen molar-refractivity contribution < 1.29 is 23.1 Å². The van der Waals surface area contributed by atoms with Crippen LogP contribution in [0.2, 0.25) is 0 Å². The monoisotopic (exact) mass is 504 g/mol. The molecule has 35 heavy (non-hydrogen) atoms. The minimum Gasteiger partial charge on any atom is -0.399 e. The lowest BCUT2D eigenvalue weighted by molar-refractivity contribution is -0.127. The molecule has 1 fully saturated rings. The number of aliphatic hydroxyl groups is 1. The van der Waals surface area contributed by atoms with E-state index in [1.807, 2.05) is 44.2 Å². The molecule has 0 radical (unpaired) electrons. The normalized spacial score (nSPS) is 18.4. The Morgan fingerprint density at radius 3 is 2.46 bits per heavy atom. The van der Waals surface area contributed by atoms with Gasteiger partial charge in [0.25, 0.3) is 0 Å². The van der Waals surface area contributed by atoms with Crippen LogP contribution < -0.4 is 16.4 Å². The molecule has 2 aromatic carbocycles. The summed E-state index contributed by atoms with van der Waals surface area (Å²) in [6.07, 6.45) is -0.801. The molecule has 3 rings (SSSR count). The number of hydrogen-bond acceptors (Lipinski definition) is 7. The van der Waals surface area contributed by atoms with Crippen LogP contribution in [0.5, 0.6) is 0 Å². The van der Waals surface area contributed by atoms with Crippen LogP contribution in [-0.2, 0) is 26.0 Å². The summed E-state index contributed by atoms with van der Waals surface area (Å²) in [6.45, 7) is 5.21. The van der Waals surface area contributed by atoms with Gasteiger partial charge in [-0.1, -0.05) is 44.2 Å². The van der Waals surface area contributed by atoms with Gasteiger partial charge in [-0.2, -0.15) is 4.31 Å². The van der Waals surface area contributed by atoms with Gasteiger partial charge in [0.15, 0.2) is 0 Å². The van der Waals surface area contributed by atoms with E-state index in [0.717, 1.165) is 5.56 Å². The number of nitrogen functional groups attached to an aromatic ring is 1. The van der Waals surface area contributed by atoms with Crippen molar-refractivity contribution in [2.24, 2.45) is 5.92 Å². The second kappa shape index (κ2) is 12.5. The van der Waals surface area contributed by atoms with Crippen LogP contribution in [0, 0.1) is 5.92 Å². The molecule has 1 aliphatic rings. The summed E-state index contributed by atoms with van der Waals surface area (Å²) in [4.78, 5) is 13.0. The largest absolute Gasteiger partial charge is 0.399 e. The van der Waals surface area contributed by atoms with Crippen molar-refractivity contribution in [2.45, 2.75) is 43.4 Å². The molecule has 0 spiro atoms. The Labute approximate surface area is 207 Å². The number of amides is 1. The maximum atomic E-state index is 13.4. The number of rotatable bonds is 11. The molecular formula is C25H36N4O5S. The van der Waals surface area contributed by atoms with Gasteiger partial charge in [0.05, 0.1) is 30.3 Å². The number of aliphatic hydroxyl groups excluding tert-OH is 1. The Hall–Kier alpha value is -2.50. The van der Waals surface area contributed by atoms with Crippen molar-refractivity contribution in [3.8, 4) is 0 Å². The number of sulfonamides is 1. The van der Waals surface area contributed by atoms with Crippen molar-refractivity contribution >= 4 is 21.6 Å². The van der Waals surface area contributed by atoms with Gasteiger partial charge in [-0.25, -0.2) is 8.42 Å². The molecule has 0 aromatic heterocycles. The molecule has 1 saturated heterocycles. The zero-order chi connectivity index (χ0) is 25.4. The molecule has 10 heteroatoms. The smallest absolute Gasteiger partial charge is 0.243 e.